The molecule has 5 rings (SSSR count). The van der Waals surface area contributed by atoms with Gasteiger partial charge in [0.05, 0.1) is 47.6 Å². The second-order valence-corrected chi connectivity index (χ2v) is 9.04. The fourth-order valence-corrected chi connectivity index (χ4v) is 4.23. The van der Waals surface area contributed by atoms with Crippen molar-refractivity contribution in [3.8, 4) is 28.2 Å². The molecule has 0 spiro atoms. The Labute approximate surface area is 239 Å². The highest BCUT2D eigenvalue weighted by Crippen LogP contribution is 2.35. The molecule has 0 saturated carbocycles. The quantitative estimate of drug-likeness (QED) is 0.182. The number of halogens is 9. The van der Waals surface area contributed by atoms with E-state index in [2.05, 4.69) is 40.7 Å². The molecular formula is C23H15ClF8N10O. The first-order valence-electron chi connectivity index (χ1n) is 11.9. The Kier molecular flexibility index (Phi) is 8.36. The van der Waals surface area contributed by atoms with E-state index in [9.17, 15) is 30.7 Å². The summed E-state index contributed by atoms with van der Waals surface area (Å²) in [4.78, 5) is 4.28. The van der Waals surface area contributed by atoms with E-state index < -0.39 is 43.5 Å². The van der Waals surface area contributed by atoms with Crippen molar-refractivity contribution < 1.29 is 39.9 Å². The zero-order valence-corrected chi connectivity index (χ0v) is 21.8. The van der Waals surface area contributed by atoms with Crippen LogP contribution < -0.4 is 0 Å². The van der Waals surface area contributed by atoms with Crippen LogP contribution in [0.3, 0.4) is 0 Å². The third kappa shape index (κ3) is 6.31. The van der Waals surface area contributed by atoms with E-state index in [1.807, 2.05) is 0 Å². The number of benzene rings is 1. The maximum atomic E-state index is 15.2. The van der Waals surface area contributed by atoms with Gasteiger partial charge in [-0.1, -0.05) is 33.3 Å². The third-order valence-corrected chi connectivity index (χ3v) is 6.30. The minimum atomic E-state index is -4.80. The van der Waals surface area contributed by atoms with Gasteiger partial charge in [-0.3, -0.25) is 4.98 Å². The van der Waals surface area contributed by atoms with Gasteiger partial charge in [0.1, 0.15) is 11.4 Å². The van der Waals surface area contributed by atoms with Crippen LogP contribution in [0, 0.1) is 5.82 Å². The van der Waals surface area contributed by atoms with Crippen LogP contribution in [0.15, 0.2) is 49.1 Å². The number of alkyl halides is 7. The van der Waals surface area contributed by atoms with Gasteiger partial charge in [-0.05, 0) is 24.6 Å². The summed E-state index contributed by atoms with van der Waals surface area (Å²) in [5, 5.41) is 20.7. The highest BCUT2D eigenvalue weighted by Gasteiger charge is 2.35. The molecule has 226 valence electrons. The van der Waals surface area contributed by atoms with Crippen LogP contribution in [0.4, 0.5) is 35.1 Å². The number of aromatic nitrogens is 10. The van der Waals surface area contributed by atoms with Gasteiger partial charge >= 0.3 is 19.3 Å². The van der Waals surface area contributed by atoms with Crippen molar-refractivity contribution in [1.29, 1.82) is 0 Å². The Morgan fingerprint density at radius 1 is 0.930 bits per heavy atom. The fraction of sp³-hybridized carbons (Fsp3) is 0.261. The normalized spacial score (nSPS) is 12.9. The van der Waals surface area contributed by atoms with Crippen molar-refractivity contribution in [3.63, 3.8) is 0 Å². The molecule has 1 atom stereocenters. The van der Waals surface area contributed by atoms with Crippen LogP contribution in [0.25, 0.3) is 28.2 Å². The Morgan fingerprint density at radius 2 is 1.72 bits per heavy atom. The Hall–Kier alpha value is -4.52. The van der Waals surface area contributed by atoms with E-state index >= 15 is 4.39 Å². The first-order chi connectivity index (χ1) is 20.4. The van der Waals surface area contributed by atoms with E-state index in [1.165, 1.54) is 35.3 Å². The van der Waals surface area contributed by atoms with E-state index in [-0.39, 0.29) is 45.3 Å². The largest absolute Gasteiger partial charge is 0.436 e. The summed E-state index contributed by atoms with van der Waals surface area (Å²) < 4.78 is 113. The molecular weight excluding hydrogens is 620 g/mol. The van der Waals surface area contributed by atoms with E-state index in [1.54, 1.807) is 0 Å². The van der Waals surface area contributed by atoms with Gasteiger partial charge in [0.25, 0.3) is 0 Å². The van der Waals surface area contributed by atoms with Gasteiger partial charge in [-0.2, -0.15) is 35.4 Å². The number of rotatable bonds is 10. The predicted molar refractivity (Wildman–Crippen MR) is 130 cm³/mol. The lowest BCUT2D eigenvalue weighted by molar-refractivity contribution is -0.141. The first kappa shape index (κ1) is 30.0. The molecule has 0 radical (unpaired) electrons. The predicted octanol–water partition coefficient (Wildman–Crippen LogP) is 5.60. The molecule has 20 heteroatoms. The molecule has 4 aromatic heterocycles. The average molecular weight is 635 g/mol. The molecule has 0 saturated heterocycles. The molecule has 4 heterocycles. The smallest absolute Gasteiger partial charge is 0.323 e. The zero-order chi connectivity index (χ0) is 30.9. The monoisotopic (exact) mass is 634 g/mol. The van der Waals surface area contributed by atoms with Gasteiger partial charge < -0.3 is 4.74 Å². The Morgan fingerprint density at radius 3 is 2.37 bits per heavy atom. The summed E-state index contributed by atoms with van der Waals surface area (Å²) in [6, 6.07) is 4.17. The summed E-state index contributed by atoms with van der Waals surface area (Å²) in [5.41, 5.74) is -1.67. The molecule has 1 aromatic carbocycles. The number of hydrogen-bond acceptors (Lipinski definition) is 8. The number of ether oxygens (including phenoxy) is 1. The molecule has 0 bridgehead atoms. The maximum absolute atomic E-state index is 15.2. The molecule has 0 fully saturated rings. The second kappa shape index (κ2) is 12.0. The number of pyridine rings is 1. The van der Waals surface area contributed by atoms with Gasteiger partial charge in [-0.25, -0.2) is 13.8 Å². The lowest BCUT2D eigenvalue weighted by atomic mass is 10.0. The van der Waals surface area contributed by atoms with Crippen LogP contribution in [-0.2, 0) is 10.9 Å². The lowest BCUT2D eigenvalue weighted by Gasteiger charge is -2.17. The third-order valence-electron chi connectivity index (χ3n) is 6.01. The summed E-state index contributed by atoms with van der Waals surface area (Å²) in [5.74, 6) is -0.982. The summed E-state index contributed by atoms with van der Waals surface area (Å²) >= 11 is 5.95. The maximum Gasteiger partial charge on any atom is 0.436 e. The molecule has 0 N–H and O–H groups in total. The molecule has 0 aliphatic rings. The zero-order valence-electron chi connectivity index (χ0n) is 21.0. The van der Waals surface area contributed by atoms with Crippen LogP contribution in [0.2, 0.25) is 5.02 Å². The van der Waals surface area contributed by atoms with Gasteiger partial charge in [-0.15, -0.1) is 15.3 Å². The van der Waals surface area contributed by atoms with Crippen LogP contribution >= 0.6 is 11.6 Å². The summed E-state index contributed by atoms with van der Waals surface area (Å²) in [6.07, 6.45) is -0.910. The summed E-state index contributed by atoms with van der Waals surface area (Å²) in [7, 11) is 0. The Balaban J connectivity index is 1.51. The van der Waals surface area contributed by atoms with Crippen molar-refractivity contribution in [1.82, 2.24) is 50.0 Å². The van der Waals surface area contributed by atoms with Crippen molar-refractivity contribution in [3.05, 3.63) is 71.3 Å². The second-order valence-electron chi connectivity index (χ2n) is 8.63. The van der Waals surface area contributed by atoms with E-state index in [0.29, 0.717) is 10.9 Å². The molecule has 0 unspecified atom stereocenters. The van der Waals surface area contributed by atoms with Crippen LogP contribution in [0.5, 0.6) is 0 Å². The van der Waals surface area contributed by atoms with Crippen molar-refractivity contribution >= 4 is 11.6 Å². The molecule has 0 aliphatic carbocycles. The molecule has 11 nitrogen and oxygen atoms in total. The topological polar surface area (TPSA) is 114 Å². The van der Waals surface area contributed by atoms with Crippen LogP contribution in [-0.4, -0.2) is 63.2 Å². The van der Waals surface area contributed by atoms with Gasteiger partial charge in [0.2, 0.25) is 0 Å². The molecule has 0 amide bonds. The average Bonchev–Trinajstić information content (AvgIpc) is 3.73. The molecule has 43 heavy (non-hydrogen) atoms. The van der Waals surface area contributed by atoms with Gasteiger partial charge in [0, 0.05) is 17.3 Å². The number of hydrogen-bond donors (Lipinski definition) is 0. The lowest BCUT2D eigenvalue weighted by Crippen LogP contribution is -2.16. The SMILES string of the molecule is Fc1c(Cl)ccc(-n2cc(C(F)(F)F)nn2)c1-c1ccc([C@@H](CCOC(F)F)n2cc(-c3cnnn3C(F)F)nn2)nc1. The first-order valence-corrected chi connectivity index (χ1v) is 12.3. The fourth-order valence-electron chi connectivity index (χ4n) is 4.07. The van der Waals surface area contributed by atoms with E-state index in [0.717, 1.165) is 16.9 Å². The molecule has 0 aliphatic heterocycles. The minimum Gasteiger partial charge on any atom is -0.323 e. The van der Waals surface area contributed by atoms with E-state index in [4.69, 9.17) is 11.6 Å². The van der Waals surface area contributed by atoms with Crippen molar-refractivity contribution in [2.45, 2.75) is 31.8 Å². The van der Waals surface area contributed by atoms with Crippen molar-refractivity contribution in [2.24, 2.45) is 0 Å². The minimum absolute atomic E-state index is 0.0570. The molecule has 5 aromatic rings. The van der Waals surface area contributed by atoms with Gasteiger partial charge in [0.15, 0.2) is 11.5 Å². The summed E-state index contributed by atoms with van der Waals surface area (Å²) in [6.45, 7) is -6.58. The number of nitrogens with zero attached hydrogens (tertiary/aromatic N) is 10. The van der Waals surface area contributed by atoms with Crippen LogP contribution in [0.1, 0.15) is 30.4 Å². The highest BCUT2D eigenvalue weighted by molar-refractivity contribution is 6.31. The highest BCUT2D eigenvalue weighted by atomic mass is 35.5. The Bertz CT molecular complexity index is 1700. The standard InChI is InChI=1S/C23H15ClF8N10O/c24-12-2-4-16(41-10-18(36-39-41)23(30,31)32)19(20(12)25)11-1-3-13(33-7-11)15(5-6-43-22(28)29)40-9-14(35-38-40)17-8-34-37-42(17)21(26)27/h1-4,7-10,15,21-22H,5-6H2/t15-/m1/s1. The van der Waals surface area contributed by atoms with Crippen molar-refractivity contribution in [2.75, 3.05) is 6.61 Å².